The molecular weight excluding hydrogens is 204 g/mol. The van der Waals surface area contributed by atoms with E-state index in [-0.39, 0.29) is 12.4 Å². The van der Waals surface area contributed by atoms with Crippen LogP contribution in [0.5, 0.6) is 0 Å². The van der Waals surface area contributed by atoms with E-state index in [9.17, 15) is 9.59 Å². The van der Waals surface area contributed by atoms with Gasteiger partial charge in [0.15, 0.2) is 0 Å². The van der Waals surface area contributed by atoms with Gasteiger partial charge in [-0.05, 0) is 6.92 Å². The molecule has 0 N–H and O–H groups in total. The van der Waals surface area contributed by atoms with Gasteiger partial charge in [0.1, 0.15) is 0 Å². The van der Waals surface area contributed by atoms with Gasteiger partial charge in [-0.25, -0.2) is 9.59 Å². The summed E-state index contributed by atoms with van der Waals surface area (Å²) in [6.07, 6.45) is 0.0975. The second-order valence-corrected chi connectivity index (χ2v) is 2.32. The first-order valence-electron chi connectivity index (χ1n) is 3.92. The van der Waals surface area contributed by atoms with Crippen molar-refractivity contribution in [2.45, 2.75) is 6.92 Å². The SMILES string of the molecule is C=COCOC(=O)OCOC(=O)C(=C)C. The zero-order chi connectivity index (χ0) is 11.7. The lowest BCUT2D eigenvalue weighted by Gasteiger charge is -2.06. The summed E-state index contributed by atoms with van der Waals surface area (Å²) in [5.41, 5.74) is 0.210. The Bertz CT molecular complexity index is 257. The minimum absolute atomic E-state index is 0.210. The summed E-state index contributed by atoms with van der Waals surface area (Å²) in [5.74, 6) is -0.648. The maximum Gasteiger partial charge on any atom is 0.514 e. The van der Waals surface area contributed by atoms with Gasteiger partial charge in [-0.3, -0.25) is 0 Å². The van der Waals surface area contributed by atoms with Crippen LogP contribution in [0.1, 0.15) is 6.92 Å². The summed E-state index contributed by atoms with van der Waals surface area (Å²) in [7, 11) is 0. The van der Waals surface area contributed by atoms with Gasteiger partial charge in [0, 0.05) is 5.57 Å². The Hall–Kier alpha value is -1.98. The number of ether oxygens (including phenoxy) is 4. The molecule has 0 heterocycles. The molecule has 0 saturated heterocycles. The van der Waals surface area contributed by atoms with Gasteiger partial charge >= 0.3 is 12.1 Å². The highest BCUT2D eigenvalue weighted by Gasteiger charge is 2.06. The minimum Gasteiger partial charge on any atom is -0.465 e. The molecule has 6 heteroatoms. The average molecular weight is 216 g/mol. The molecule has 0 rings (SSSR count). The van der Waals surface area contributed by atoms with Crippen LogP contribution in [0.3, 0.4) is 0 Å². The summed E-state index contributed by atoms with van der Waals surface area (Å²) < 4.78 is 17.7. The fourth-order valence-electron chi connectivity index (χ4n) is 0.426. The first-order valence-corrected chi connectivity index (χ1v) is 3.92. The van der Waals surface area contributed by atoms with Crippen LogP contribution >= 0.6 is 0 Å². The molecule has 0 aromatic rings. The van der Waals surface area contributed by atoms with E-state index in [0.29, 0.717) is 0 Å². The third-order valence-electron chi connectivity index (χ3n) is 1.08. The summed E-state index contributed by atoms with van der Waals surface area (Å²) in [4.78, 5) is 21.5. The first kappa shape index (κ1) is 13.0. The van der Waals surface area contributed by atoms with Crippen LogP contribution in [0.2, 0.25) is 0 Å². The lowest BCUT2D eigenvalue weighted by molar-refractivity contribution is -0.149. The van der Waals surface area contributed by atoms with Crippen molar-refractivity contribution >= 4 is 12.1 Å². The lowest BCUT2D eigenvalue weighted by Crippen LogP contribution is -2.14. The zero-order valence-electron chi connectivity index (χ0n) is 8.36. The van der Waals surface area contributed by atoms with Crippen molar-refractivity contribution in [3.63, 3.8) is 0 Å². The van der Waals surface area contributed by atoms with Crippen molar-refractivity contribution in [1.82, 2.24) is 0 Å². The highest BCUT2D eigenvalue weighted by atomic mass is 16.8. The molecule has 0 fully saturated rings. The quantitative estimate of drug-likeness (QED) is 0.219. The predicted octanol–water partition coefficient (Wildman–Crippen LogP) is 1.33. The molecule has 0 atom stereocenters. The van der Waals surface area contributed by atoms with Crippen LogP contribution in [0.15, 0.2) is 25.0 Å². The van der Waals surface area contributed by atoms with Gasteiger partial charge < -0.3 is 18.9 Å². The number of carbonyl (C=O) groups excluding carboxylic acids is 2. The largest absolute Gasteiger partial charge is 0.514 e. The van der Waals surface area contributed by atoms with Gasteiger partial charge in [-0.1, -0.05) is 13.2 Å². The summed E-state index contributed by atoms with van der Waals surface area (Å²) in [6, 6.07) is 0. The Balaban J connectivity index is 3.50. The summed E-state index contributed by atoms with van der Waals surface area (Å²) >= 11 is 0. The molecule has 0 amide bonds. The molecule has 0 unspecified atom stereocenters. The van der Waals surface area contributed by atoms with Crippen LogP contribution in [-0.2, 0) is 23.7 Å². The molecular formula is C9H12O6. The highest BCUT2D eigenvalue weighted by Crippen LogP contribution is 1.93. The van der Waals surface area contributed by atoms with Gasteiger partial charge in [-0.15, -0.1) is 0 Å². The molecule has 6 nitrogen and oxygen atoms in total. The average Bonchev–Trinajstić information content (AvgIpc) is 2.18. The molecule has 0 bridgehead atoms. The smallest absolute Gasteiger partial charge is 0.465 e. The maximum atomic E-state index is 10.8. The standard InChI is InChI=1S/C9H12O6/c1-4-12-5-14-9(11)15-6-13-8(10)7(2)3/h4H,1-2,5-6H2,3H3. The van der Waals surface area contributed by atoms with Crippen molar-refractivity contribution in [3.05, 3.63) is 25.0 Å². The van der Waals surface area contributed by atoms with Crippen LogP contribution in [0.25, 0.3) is 0 Å². The van der Waals surface area contributed by atoms with E-state index in [1.165, 1.54) is 6.92 Å². The maximum absolute atomic E-state index is 10.8. The molecule has 84 valence electrons. The number of hydrogen-bond acceptors (Lipinski definition) is 6. The van der Waals surface area contributed by atoms with Gasteiger partial charge in [0.2, 0.25) is 13.6 Å². The Labute approximate surface area is 87.1 Å². The Morgan fingerprint density at radius 3 is 2.33 bits per heavy atom. The van der Waals surface area contributed by atoms with Crippen molar-refractivity contribution in [2.75, 3.05) is 13.6 Å². The van der Waals surface area contributed by atoms with Crippen LogP contribution in [-0.4, -0.2) is 25.7 Å². The van der Waals surface area contributed by atoms with Gasteiger partial charge in [-0.2, -0.15) is 0 Å². The number of esters is 1. The van der Waals surface area contributed by atoms with Crippen molar-refractivity contribution < 1.29 is 28.5 Å². The first-order chi connectivity index (χ1) is 7.07. The third kappa shape index (κ3) is 7.12. The fraction of sp³-hybridized carbons (Fsp3) is 0.333. The van der Waals surface area contributed by atoms with E-state index < -0.39 is 18.9 Å². The van der Waals surface area contributed by atoms with Crippen LogP contribution in [0, 0.1) is 0 Å². The normalized spacial score (nSPS) is 8.60. The minimum atomic E-state index is -1.01. The number of hydrogen-bond donors (Lipinski definition) is 0. The number of carbonyl (C=O) groups is 2. The van der Waals surface area contributed by atoms with Gasteiger partial charge in [0.05, 0.1) is 6.26 Å². The predicted molar refractivity (Wildman–Crippen MR) is 49.5 cm³/mol. The second-order valence-electron chi connectivity index (χ2n) is 2.32. The molecule has 0 radical (unpaired) electrons. The second kappa shape index (κ2) is 7.43. The Kier molecular flexibility index (Phi) is 6.45. The van der Waals surface area contributed by atoms with Crippen LogP contribution in [0.4, 0.5) is 4.79 Å². The van der Waals surface area contributed by atoms with E-state index in [1.807, 2.05) is 0 Å². The molecule has 0 aromatic heterocycles. The van der Waals surface area contributed by atoms with Crippen molar-refractivity contribution in [1.29, 1.82) is 0 Å². The molecule has 0 saturated carbocycles. The summed E-state index contributed by atoms with van der Waals surface area (Å²) in [5, 5.41) is 0. The molecule has 15 heavy (non-hydrogen) atoms. The molecule has 0 aromatic carbocycles. The molecule has 0 spiro atoms. The van der Waals surface area contributed by atoms with Crippen LogP contribution < -0.4 is 0 Å². The highest BCUT2D eigenvalue weighted by molar-refractivity contribution is 5.86. The monoisotopic (exact) mass is 216 g/mol. The lowest BCUT2D eigenvalue weighted by atomic mass is 10.4. The van der Waals surface area contributed by atoms with E-state index in [1.54, 1.807) is 0 Å². The fourth-order valence-corrected chi connectivity index (χ4v) is 0.426. The Morgan fingerprint density at radius 2 is 1.80 bits per heavy atom. The topological polar surface area (TPSA) is 71.1 Å². The third-order valence-corrected chi connectivity index (χ3v) is 1.08. The Morgan fingerprint density at radius 1 is 1.20 bits per heavy atom. The van der Waals surface area contributed by atoms with Crippen molar-refractivity contribution in [3.8, 4) is 0 Å². The molecule has 0 aliphatic rings. The zero-order valence-corrected chi connectivity index (χ0v) is 8.36. The van der Waals surface area contributed by atoms with E-state index in [4.69, 9.17) is 0 Å². The van der Waals surface area contributed by atoms with Crippen molar-refractivity contribution in [2.24, 2.45) is 0 Å². The molecule has 0 aliphatic carbocycles. The summed E-state index contributed by atoms with van der Waals surface area (Å²) in [6.45, 7) is 7.20. The number of rotatable bonds is 6. The molecule has 0 aliphatic heterocycles. The van der Waals surface area contributed by atoms with E-state index >= 15 is 0 Å². The van der Waals surface area contributed by atoms with Gasteiger partial charge in [0.25, 0.3) is 0 Å². The van der Waals surface area contributed by atoms with E-state index in [0.717, 1.165) is 6.26 Å². The van der Waals surface area contributed by atoms with E-state index in [2.05, 4.69) is 32.1 Å².